The summed E-state index contributed by atoms with van der Waals surface area (Å²) in [6.07, 6.45) is 1.81. The summed E-state index contributed by atoms with van der Waals surface area (Å²) in [4.78, 5) is 11.8. The van der Waals surface area contributed by atoms with Gasteiger partial charge in [0.15, 0.2) is 5.96 Å². The van der Waals surface area contributed by atoms with Crippen LogP contribution in [0, 0.1) is 12.3 Å². The quantitative estimate of drug-likeness (QED) is 0.462. The molecule has 1 aromatic carbocycles. The van der Waals surface area contributed by atoms with E-state index >= 15 is 0 Å². The molecule has 0 aliphatic rings. The second kappa shape index (κ2) is 6.37. The van der Waals surface area contributed by atoms with Gasteiger partial charge in [-0.1, -0.05) is 24.3 Å². The summed E-state index contributed by atoms with van der Waals surface area (Å²) in [5.74, 6) is -0.714. The van der Waals surface area contributed by atoms with Gasteiger partial charge >= 0.3 is 0 Å². The van der Waals surface area contributed by atoms with Crippen LogP contribution in [0.4, 0.5) is 0 Å². The summed E-state index contributed by atoms with van der Waals surface area (Å²) in [6.45, 7) is 3.77. The molecule has 0 fully saturated rings. The number of benzene rings is 1. The fraction of sp³-hybridized carbons (Fsp3) is 0.125. The van der Waals surface area contributed by atoms with Crippen LogP contribution in [-0.2, 0) is 4.79 Å². The van der Waals surface area contributed by atoms with E-state index in [0.717, 1.165) is 11.1 Å². The van der Waals surface area contributed by atoms with E-state index in [0.29, 0.717) is 5.57 Å². The number of hydrogen-bond donors (Lipinski definition) is 3. The van der Waals surface area contributed by atoms with Gasteiger partial charge in [0.05, 0.1) is 0 Å². The molecule has 0 saturated heterocycles. The van der Waals surface area contributed by atoms with E-state index in [1.807, 2.05) is 30.3 Å². The average molecular weight is 299 g/mol. The van der Waals surface area contributed by atoms with E-state index in [4.69, 9.17) is 11.1 Å². The van der Waals surface area contributed by atoms with Gasteiger partial charge in [0.1, 0.15) is 0 Å². The van der Waals surface area contributed by atoms with Crippen LogP contribution in [0.25, 0.3) is 17.2 Å². The molecule has 21 heavy (non-hydrogen) atoms. The second-order valence-corrected chi connectivity index (χ2v) is 5.49. The van der Waals surface area contributed by atoms with Crippen LogP contribution in [-0.4, -0.2) is 11.9 Å². The van der Waals surface area contributed by atoms with Crippen LogP contribution in [0.1, 0.15) is 18.1 Å². The van der Waals surface area contributed by atoms with Crippen LogP contribution in [0.2, 0.25) is 0 Å². The monoisotopic (exact) mass is 299 g/mol. The molecule has 4 N–H and O–H groups in total. The number of thiophene rings is 1. The highest BCUT2D eigenvalue weighted by Crippen LogP contribution is 2.30. The van der Waals surface area contributed by atoms with Crippen molar-refractivity contribution in [2.24, 2.45) is 5.73 Å². The molecule has 1 amide bonds. The topological polar surface area (TPSA) is 79.0 Å². The van der Waals surface area contributed by atoms with Crippen molar-refractivity contribution in [1.82, 2.24) is 5.32 Å². The normalized spacial score (nSPS) is 11.2. The Morgan fingerprint density at radius 3 is 2.62 bits per heavy atom. The molecule has 0 spiro atoms. The lowest BCUT2D eigenvalue weighted by atomic mass is 9.98. The van der Waals surface area contributed by atoms with E-state index in [-0.39, 0.29) is 11.9 Å². The molecule has 0 aliphatic carbocycles. The molecule has 0 radical (unpaired) electrons. The molecule has 0 unspecified atom stereocenters. The third-order valence-electron chi connectivity index (χ3n) is 3.08. The van der Waals surface area contributed by atoms with Crippen molar-refractivity contribution in [2.75, 3.05) is 0 Å². The highest BCUT2D eigenvalue weighted by molar-refractivity contribution is 7.08. The highest BCUT2D eigenvalue weighted by Gasteiger charge is 2.09. The van der Waals surface area contributed by atoms with Gasteiger partial charge in [0.2, 0.25) is 0 Å². The Morgan fingerprint density at radius 2 is 2.00 bits per heavy atom. The summed E-state index contributed by atoms with van der Waals surface area (Å²) in [7, 11) is 0. The zero-order valence-electron chi connectivity index (χ0n) is 11.9. The molecule has 0 aliphatic heterocycles. The molecule has 2 aromatic rings. The number of nitrogens with one attached hydrogen (secondary N) is 2. The van der Waals surface area contributed by atoms with Gasteiger partial charge in [-0.15, -0.1) is 0 Å². The van der Waals surface area contributed by atoms with Crippen molar-refractivity contribution in [1.29, 1.82) is 5.41 Å². The predicted octanol–water partition coefficient (Wildman–Crippen LogP) is 3.14. The first-order chi connectivity index (χ1) is 9.99. The van der Waals surface area contributed by atoms with Crippen LogP contribution < -0.4 is 11.1 Å². The first kappa shape index (κ1) is 15.0. The summed E-state index contributed by atoms with van der Waals surface area (Å²) in [5.41, 5.74) is 10.1. The number of rotatable bonds is 3. The maximum atomic E-state index is 11.8. The molecule has 0 bridgehead atoms. The number of nitrogens with two attached hydrogens (primary N) is 1. The van der Waals surface area contributed by atoms with Crippen LogP contribution in [0.3, 0.4) is 0 Å². The van der Waals surface area contributed by atoms with E-state index in [2.05, 4.69) is 23.0 Å². The zero-order chi connectivity index (χ0) is 15.4. The molecule has 1 heterocycles. The van der Waals surface area contributed by atoms with E-state index in [9.17, 15) is 4.79 Å². The minimum absolute atomic E-state index is 0.352. The largest absolute Gasteiger partial charge is 0.370 e. The standard InChI is InChI=1S/C16H17N3OS/c1-10(15(20)19-16(17)18)7-12-5-3-4-6-13(12)14-9-21-8-11(14)2/h3-9H,1-2H3,(H4,17,18,19,20)/b10-7+. The smallest absolute Gasteiger partial charge is 0.253 e. The summed E-state index contributed by atoms with van der Waals surface area (Å²) in [5, 5.41) is 13.6. The molecule has 1 aromatic heterocycles. The lowest BCUT2D eigenvalue weighted by Gasteiger charge is -2.08. The summed E-state index contributed by atoms with van der Waals surface area (Å²) in [6, 6.07) is 7.93. The van der Waals surface area contributed by atoms with Gasteiger partial charge in [-0.25, -0.2) is 0 Å². The molecule has 0 saturated carbocycles. The summed E-state index contributed by atoms with van der Waals surface area (Å²) < 4.78 is 0. The molecular formula is C16H17N3OS. The second-order valence-electron chi connectivity index (χ2n) is 4.75. The third kappa shape index (κ3) is 3.58. The Bertz CT molecular complexity index is 716. The van der Waals surface area contributed by atoms with Crippen LogP contribution in [0.15, 0.2) is 40.6 Å². The lowest BCUT2D eigenvalue weighted by molar-refractivity contribution is -0.116. The van der Waals surface area contributed by atoms with Gasteiger partial charge in [-0.3, -0.25) is 15.5 Å². The van der Waals surface area contributed by atoms with E-state index in [1.165, 1.54) is 11.1 Å². The Labute approximate surface area is 127 Å². The fourth-order valence-corrected chi connectivity index (χ4v) is 2.87. The highest BCUT2D eigenvalue weighted by atomic mass is 32.1. The van der Waals surface area contributed by atoms with Crippen LogP contribution in [0.5, 0.6) is 0 Å². The lowest BCUT2D eigenvalue weighted by Crippen LogP contribution is -2.36. The van der Waals surface area contributed by atoms with E-state index in [1.54, 1.807) is 18.3 Å². The third-order valence-corrected chi connectivity index (χ3v) is 3.95. The van der Waals surface area contributed by atoms with Crippen molar-refractivity contribution in [3.63, 3.8) is 0 Å². The Kier molecular flexibility index (Phi) is 4.55. The molecular weight excluding hydrogens is 282 g/mol. The number of aryl methyl sites for hydroxylation is 1. The first-order valence-electron chi connectivity index (χ1n) is 6.45. The number of hydrogen-bond acceptors (Lipinski definition) is 3. The molecule has 108 valence electrons. The van der Waals surface area contributed by atoms with Crippen LogP contribution >= 0.6 is 11.3 Å². The van der Waals surface area contributed by atoms with Crippen molar-refractivity contribution in [3.05, 3.63) is 51.7 Å². The van der Waals surface area contributed by atoms with Crippen molar-refractivity contribution in [2.45, 2.75) is 13.8 Å². The number of carbonyl (C=O) groups excluding carboxylic acids is 1. The Hall–Kier alpha value is -2.40. The fourth-order valence-electron chi connectivity index (χ4n) is 2.02. The van der Waals surface area contributed by atoms with Gasteiger partial charge in [-0.05, 0) is 52.9 Å². The minimum atomic E-state index is -0.362. The number of guanidine groups is 1. The Balaban J connectivity index is 2.40. The average Bonchev–Trinajstić information content (AvgIpc) is 2.84. The van der Waals surface area contributed by atoms with Gasteiger partial charge < -0.3 is 5.73 Å². The molecule has 5 heteroatoms. The molecule has 2 rings (SSSR count). The van der Waals surface area contributed by atoms with Crippen molar-refractivity contribution >= 4 is 29.3 Å². The van der Waals surface area contributed by atoms with Gasteiger partial charge in [-0.2, -0.15) is 11.3 Å². The molecule has 4 nitrogen and oxygen atoms in total. The maximum Gasteiger partial charge on any atom is 0.253 e. The van der Waals surface area contributed by atoms with Crippen molar-refractivity contribution < 1.29 is 4.79 Å². The SMILES string of the molecule is C/C(=C\c1ccccc1-c1cscc1C)C(=O)NC(=N)N. The van der Waals surface area contributed by atoms with Gasteiger partial charge in [0, 0.05) is 5.57 Å². The number of carbonyl (C=O) groups is 1. The zero-order valence-corrected chi connectivity index (χ0v) is 12.8. The molecule has 0 atom stereocenters. The van der Waals surface area contributed by atoms with Crippen molar-refractivity contribution in [3.8, 4) is 11.1 Å². The Morgan fingerprint density at radius 1 is 1.29 bits per heavy atom. The first-order valence-corrected chi connectivity index (χ1v) is 7.39. The number of amides is 1. The van der Waals surface area contributed by atoms with E-state index < -0.39 is 0 Å². The maximum absolute atomic E-state index is 11.8. The summed E-state index contributed by atoms with van der Waals surface area (Å²) >= 11 is 1.66. The minimum Gasteiger partial charge on any atom is -0.370 e. The predicted molar refractivity (Wildman–Crippen MR) is 88.2 cm³/mol. The van der Waals surface area contributed by atoms with Gasteiger partial charge in [0.25, 0.3) is 5.91 Å².